The number of rotatable bonds is 3. The van der Waals surface area contributed by atoms with Crippen molar-refractivity contribution in [2.75, 3.05) is 0 Å². The Bertz CT molecular complexity index is 399. The molecule has 0 amide bonds. The molecule has 1 rings (SSSR count). The van der Waals surface area contributed by atoms with Crippen LogP contribution in [0.25, 0.3) is 0 Å². The van der Waals surface area contributed by atoms with E-state index in [1.807, 2.05) is 6.07 Å². The van der Waals surface area contributed by atoms with Gasteiger partial charge in [-0.3, -0.25) is 0 Å². The quantitative estimate of drug-likeness (QED) is 0.439. The summed E-state index contributed by atoms with van der Waals surface area (Å²) in [6, 6.07) is 10.4. The average molecular weight is 650 g/mol. The Morgan fingerprint density at radius 2 is 0.952 bits per heavy atom. The molecule has 0 unspecified atom stereocenters. The van der Waals surface area contributed by atoms with E-state index in [0.717, 1.165) is 0 Å². The average Bonchev–Trinajstić information content (AvgIpc) is 2.25. The van der Waals surface area contributed by atoms with Crippen molar-refractivity contribution >= 4 is 97.4 Å². The topological polar surface area (TPSA) is 0 Å². The van der Waals surface area contributed by atoms with Crippen LogP contribution < -0.4 is 3.58 Å². The first-order valence-electron chi connectivity index (χ1n) is 7.02. The maximum absolute atomic E-state index is 3.60. The van der Waals surface area contributed by atoms with E-state index in [1.165, 1.54) is 26.1 Å². The molecule has 0 spiro atoms. The summed E-state index contributed by atoms with van der Waals surface area (Å²) in [5.74, 6) is 0. The molecule has 8 heteroatoms. The number of benzene rings is 1. The van der Waals surface area contributed by atoms with Crippen molar-refractivity contribution < 1.29 is 0 Å². The van der Waals surface area contributed by atoms with Crippen molar-refractivity contribution in [3.8, 4) is 0 Å². The van der Waals surface area contributed by atoms with Gasteiger partial charge in [0.25, 0.3) is 0 Å². The second-order valence-corrected chi connectivity index (χ2v) is 71.3. The van der Waals surface area contributed by atoms with Gasteiger partial charge in [0.1, 0.15) is 0 Å². The summed E-state index contributed by atoms with van der Waals surface area (Å²) in [6.07, 6.45) is -3.32. The first kappa shape index (κ1) is 23.4. The van der Waals surface area contributed by atoms with E-state index in [9.17, 15) is 0 Å². The molecule has 0 aromatic heterocycles. The van der Waals surface area contributed by atoms with Crippen molar-refractivity contribution in [1.82, 2.24) is 0 Å². The zero-order chi connectivity index (χ0) is 17.1. The van der Waals surface area contributed by atoms with Crippen LogP contribution >= 0.6 is 0 Å². The zero-order valence-corrected chi connectivity index (χ0v) is 26.1. The molecule has 0 aliphatic carbocycles. The van der Waals surface area contributed by atoms with Crippen LogP contribution in [0.5, 0.6) is 0 Å². The standard InChI is InChI=1S/C7H21Se3Si4.C6H5.Sn/c1-11(2,8)14(7,12(3,4)9)13(5,6)10;1-2-4-6-5-3-1;/h1-7H3;1-5H;. The molecule has 0 saturated heterocycles. The summed E-state index contributed by atoms with van der Waals surface area (Å²) < 4.78 is 1.41. The summed E-state index contributed by atoms with van der Waals surface area (Å²) in [4.78, 5) is 0. The Morgan fingerprint density at radius 1 is 0.667 bits per heavy atom. The molecule has 21 heavy (non-hydrogen) atoms. The third kappa shape index (κ3) is 6.69. The van der Waals surface area contributed by atoms with E-state index in [4.69, 9.17) is 0 Å². The van der Waals surface area contributed by atoms with Gasteiger partial charge in [0.05, 0.1) is 0 Å². The van der Waals surface area contributed by atoms with Crippen LogP contribution in [0.2, 0.25) is 45.8 Å². The minimum absolute atomic E-state index is 1.10. The Hall–Kier alpha value is 2.44. The minimum atomic E-state index is -1.11. The normalized spacial score (nSPS) is 13.5. The van der Waals surface area contributed by atoms with Crippen LogP contribution in [-0.4, -0.2) is 93.9 Å². The molecule has 1 aromatic carbocycles. The van der Waals surface area contributed by atoms with Crippen molar-refractivity contribution in [3.63, 3.8) is 0 Å². The van der Waals surface area contributed by atoms with Crippen LogP contribution in [0.1, 0.15) is 0 Å². The van der Waals surface area contributed by atoms with Gasteiger partial charge in [-0.2, -0.15) is 0 Å². The third-order valence-electron chi connectivity index (χ3n) is 4.39. The fourth-order valence-corrected chi connectivity index (χ4v) is 173. The molecule has 0 bridgehead atoms. The monoisotopic (exact) mass is 654 g/mol. The molecule has 0 saturated carbocycles. The van der Waals surface area contributed by atoms with E-state index in [1.54, 1.807) is 0 Å². The van der Waals surface area contributed by atoms with E-state index < -0.39 is 25.2 Å². The van der Waals surface area contributed by atoms with Crippen LogP contribution in [0.3, 0.4) is 0 Å². The van der Waals surface area contributed by atoms with E-state index in [-0.39, 0.29) is 0 Å². The SMILES string of the molecule is C[Si](C)([Se])[Si](C)([Si](C)(C)[Se])[Si](C)(C)[Se].[Sn][c]1ccccc1. The molecule has 1 aromatic rings. The van der Waals surface area contributed by atoms with Gasteiger partial charge in [-0.25, -0.2) is 0 Å². The maximum atomic E-state index is 3.60. The second kappa shape index (κ2) is 8.70. The molecule has 0 aliphatic rings. The van der Waals surface area contributed by atoms with Gasteiger partial charge in [0.2, 0.25) is 0 Å². The Kier molecular flexibility index (Phi) is 9.71. The molecule has 6 radical (unpaired) electrons. The van der Waals surface area contributed by atoms with Gasteiger partial charge in [0, 0.05) is 0 Å². The first-order valence-corrected chi connectivity index (χ1v) is 30.4. The number of hydrogen-bond donors (Lipinski definition) is 0. The van der Waals surface area contributed by atoms with Gasteiger partial charge < -0.3 is 0 Å². The van der Waals surface area contributed by atoms with Crippen LogP contribution in [0, 0.1) is 0 Å². The predicted molar refractivity (Wildman–Crippen MR) is 113 cm³/mol. The fourth-order valence-electron chi connectivity index (χ4n) is 2.61. The van der Waals surface area contributed by atoms with Gasteiger partial charge in [0.15, 0.2) is 0 Å². The molecular weight excluding hydrogens is 624 g/mol. The summed E-state index contributed by atoms with van der Waals surface area (Å²) >= 11 is 12.3. The van der Waals surface area contributed by atoms with E-state index >= 15 is 0 Å². The molecule has 0 aliphatic heterocycles. The summed E-state index contributed by atoms with van der Waals surface area (Å²) in [7, 11) is 0. The van der Waals surface area contributed by atoms with Gasteiger partial charge in [-0.05, 0) is 0 Å². The Balaban J connectivity index is 0.000000471. The van der Waals surface area contributed by atoms with Crippen LogP contribution in [0.4, 0.5) is 0 Å². The molecule has 0 atom stereocenters. The fraction of sp³-hybridized carbons (Fsp3) is 0.538. The van der Waals surface area contributed by atoms with Crippen molar-refractivity contribution in [2.45, 2.75) is 45.8 Å². The van der Waals surface area contributed by atoms with Gasteiger partial charge >= 0.3 is 174 Å². The molecule has 0 N–H and O–H groups in total. The van der Waals surface area contributed by atoms with E-state index in [2.05, 4.69) is 116 Å². The van der Waals surface area contributed by atoms with Gasteiger partial charge in [-0.15, -0.1) is 0 Å². The van der Waals surface area contributed by atoms with Crippen molar-refractivity contribution in [1.29, 1.82) is 0 Å². The Labute approximate surface area is 171 Å². The summed E-state index contributed by atoms with van der Waals surface area (Å²) in [5.41, 5.74) is 0. The van der Waals surface area contributed by atoms with E-state index in [0.29, 0.717) is 0 Å². The first-order chi connectivity index (χ1) is 9.14. The molecule has 0 fully saturated rings. The predicted octanol–water partition coefficient (Wildman–Crippen LogP) is 1.90. The number of hydrogen-bond acceptors (Lipinski definition) is 0. The zero-order valence-electron chi connectivity index (χ0n) is 14.1. The summed E-state index contributed by atoms with van der Waals surface area (Å²) in [6.45, 7) is 16.8. The third-order valence-corrected chi connectivity index (χ3v) is 113. The second-order valence-electron chi connectivity index (χ2n) is 7.02. The Morgan fingerprint density at radius 3 is 1.05 bits per heavy atom. The summed E-state index contributed by atoms with van der Waals surface area (Å²) in [5, 5.41) is 0. The molecular formula is C13H26Se3Si4Sn. The molecule has 0 nitrogen and oxygen atoms in total. The van der Waals surface area contributed by atoms with Crippen LogP contribution in [-0.2, 0) is 0 Å². The molecule has 116 valence electrons. The van der Waals surface area contributed by atoms with Gasteiger partial charge in [-0.1, -0.05) is 0 Å². The molecule has 0 heterocycles. The van der Waals surface area contributed by atoms with Crippen molar-refractivity contribution in [2.24, 2.45) is 0 Å². The van der Waals surface area contributed by atoms with Crippen molar-refractivity contribution in [3.05, 3.63) is 30.3 Å². The van der Waals surface area contributed by atoms with Crippen LogP contribution in [0.15, 0.2) is 30.3 Å².